The SMILES string of the molecule is C.C.C.C.C.CF.CF.CO.FF.FF.FF.FF.O=C(O)CF.O=C(OCCOc1ccccc1)C(F)F.O=S(=O)([O-])F.O=S(=O)([O-])F.OCCOc1ccccc1.[Na+].[Na+]. The zero-order valence-electron chi connectivity index (χ0n) is 29.2. The Hall–Kier alpha value is -2.33. The van der Waals surface area contributed by atoms with Crippen LogP contribution in [0.5, 0.6) is 11.5 Å². The predicted octanol–water partition coefficient (Wildman–Crippen LogP) is 3.13. The number of hydrogen-bond donors (Lipinski definition) is 3. The number of rotatable bonds is 9. The average molecular weight is 1010 g/mol. The molecule has 0 saturated heterocycles. The number of carbonyl (C=O) groups is 2. The normalized spacial score (nSPS) is 7.20. The zero-order valence-corrected chi connectivity index (χ0v) is 34.8. The van der Waals surface area contributed by atoms with Crippen molar-refractivity contribution in [3.8, 4) is 11.5 Å². The Morgan fingerprint density at radius 3 is 1.00 bits per heavy atom. The van der Waals surface area contributed by atoms with E-state index in [4.69, 9.17) is 92.1 Å². The first kappa shape index (κ1) is 112. The number of carbonyl (C=O) groups excluding carboxylic acids is 1. The molecule has 0 aromatic heterocycles. The molecule has 0 fully saturated rings. The molecule has 0 radical (unpaired) electrons. The van der Waals surface area contributed by atoms with Crippen molar-refractivity contribution in [3.63, 3.8) is 0 Å². The second-order valence-electron chi connectivity index (χ2n) is 5.83. The monoisotopic (exact) mass is 1010 g/mol. The van der Waals surface area contributed by atoms with Crippen molar-refractivity contribution in [1.29, 1.82) is 0 Å². The molecular formula is C28H53F15Na2O14S2. The van der Waals surface area contributed by atoms with E-state index < -0.39 is 46.0 Å². The molecule has 0 aliphatic heterocycles. The summed E-state index contributed by atoms with van der Waals surface area (Å²) in [6.45, 7) is -0.973. The van der Waals surface area contributed by atoms with E-state index in [2.05, 4.69) is 4.74 Å². The number of alkyl halides is 5. The van der Waals surface area contributed by atoms with E-state index in [9.17, 15) is 34.5 Å². The average Bonchev–Trinajstić information content (AvgIpc) is 3.18. The quantitative estimate of drug-likeness (QED) is 0.0818. The van der Waals surface area contributed by atoms with Gasteiger partial charge in [-0.1, -0.05) is 73.5 Å². The third kappa shape index (κ3) is 190. The largest absolute Gasteiger partial charge is 1.00 e. The summed E-state index contributed by atoms with van der Waals surface area (Å²) in [5, 5.41) is 22.7. The van der Waals surface area contributed by atoms with Gasteiger partial charge in [0.2, 0.25) is 0 Å². The van der Waals surface area contributed by atoms with E-state index >= 15 is 0 Å². The number of benzene rings is 2. The van der Waals surface area contributed by atoms with Gasteiger partial charge in [0.25, 0.3) is 21.0 Å². The van der Waals surface area contributed by atoms with Gasteiger partial charge in [0, 0.05) is 43.7 Å². The van der Waals surface area contributed by atoms with Crippen molar-refractivity contribution in [2.75, 3.05) is 54.6 Å². The molecule has 0 unspecified atom stereocenters. The van der Waals surface area contributed by atoms with Crippen LogP contribution in [-0.2, 0) is 35.3 Å². The van der Waals surface area contributed by atoms with Crippen LogP contribution in [-0.4, -0.2) is 114 Å². The minimum Gasteiger partial charge on any atom is -0.722 e. The summed E-state index contributed by atoms with van der Waals surface area (Å²) in [7, 11) is -8.83. The van der Waals surface area contributed by atoms with Crippen LogP contribution in [0.3, 0.4) is 0 Å². The molecule has 33 heteroatoms. The molecule has 2 aromatic carbocycles. The summed E-state index contributed by atoms with van der Waals surface area (Å²) in [5.41, 5.74) is 0. The third-order valence-electron chi connectivity index (χ3n) is 2.74. The summed E-state index contributed by atoms with van der Waals surface area (Å²) in [5.74, 6) is -1.53. The number of aliphatic hydroxyl groups is 2. The Morgan fingerprint density at radius 2 is 0.820 bits per heavy atom. The first-order valence-electron chi connectivity index (χ1n) is 11.7. The van der Waals surface area contributed by atoms with E-state index in [-0.39, 0.29) is 116 Å². The van der Waals surface area contributed by atoms with Crippen LogP contribution in [0.25, 0.3) is 0 Å². The van der Waals surface area contributed by atoms with Gasteiger partial charge in [-0.15, -0.1) is 7.77 Å². The number of carboxylic acids is 1. The second kappa shape index (κ2) is 102. The summed E-state index contributed by atoms with van der Waals surface area (Å²) in [6, 6.07) is 18.2. The smallest absolute Gasteiger partial charge is 0.722 e. The van der Waals surface area contributed by atoms with E-state index in [1.165, 1.54) is 0 Å². The topological polar surface area (TPSA) is 237 Å². The van der Waals surface area contributed by atoms with E-state index in [0.717, 1.165) is 12.9 Å². The maximum absolute atomic E-state index is 11.7. The molecule has 0 bridgehead atoms. The number of aliphatic carboxylic acids is 1. The van der Waals surface area contributed by atoms with Crippen molar-refractivity contribution >= 4 is 32.9 Å². The fraction of sp³-hybridized carbons (Fsp3) is 0.500. The Balaban J connectivity index is -0.0000000251. The molecule has 0 aliphatic rings. The van der Waals surface area contributed by atoms with Crippen molar-refractivity contribution in [3.05, 3.63) is 60.7 Å². The van der Waals surface area contributed by atoms with Gasteiger partial charge in [0.1, 0.15) is 31.3 Å². The Morgan fingerprint density at radius 1 is 0.607 bits per heavy atom. The van der Waals surface area contributed by atoms with Crippen molar-refractivity contribution in [2.24, 2.45) is 0 Å². The minimum absolute atomic E-state index is 0. The van der Waals surface area contributed by atoms with Crippen LogP contribution < -0.4 is 68.6 Å². The number of esters is 1. The summed E-state index contributed by atoms with van der Waals surface area (Å²) >= 11 is 0. The molecule has 0 aliphatic carbocycles. The second-order valence-corrected chi connectivity index (χ2v) is 7.40. The molecule has 0 amide bonds. The molecule has 2 aromatic rings. The third-order valence-corrected chi connectivity index (χ3v) is 2.74. The predicted molar refractivity (Wildman–Crippen MR) is 188 cm³/mol. The number of halogens is 15. The van der Waals surface area contributed by atoms with Gasteiger partial charge in [0.05, 0.1) is 21.0 Å². The number of para-hydroxylation sites is 2. The molecule has 14 nitrogen and oxygen atoms in total. The standard InChI is InChI=1S/C10H10F2O3.C8H10O2.C2H3FO2.2CH3F.CH4O.5CH4.4F2.2FHO3S.2Na/c11-9(12)10(13)15-7-6-14-8-4-2-1-3-5-8;9-6-7-10-8-4-2-1-3-5-8;3-1-2(4)5;3*1-2;;;;;;4*1-2;2*1-5(2,3)4;;/h1-5,9H,6-7H2;1-5,9H,6-7H2;1H2,(H,4,5);2*1H3;2H,1H3;5*1H4;;;;;2*(H,2,3,4);;/q;;;;;;;;;;;;;;;;;2*+1/p-2. The van der Waals surface area contributed by atoms with Crippen LogP contribution >= 0.6 is 0 Å². The van der Waals surface area contributed by atoms with Gasteiger partial charge in [-0.25, -0.2) is 30.8 Å². The van der Waals surface area contributed by atoms with Gasteiger partial charge in [-0.05, 0) is 24.3 Å². The maximum atomic E-state index is 11.7. The Labute approximate surface area is 391 Å². The molecule has 368 valence electrons. The van der Waals surface area contributed by atoms with Gasteiger partial charge < -0.3 is 38.6 Å². The number of ether oxygens (including phenoxy) is 3. The number of carboxylic acid groups (broad SMARTS) is 1. The van der Waals surface area contributed by atoms with E-state index in [0.29, 0.717) is 26.7 Å². The van der Waals surface area contributed by atoms with Gasteiger partial charge in [0.15, 0.2) is 6.67 Å². The number of hydrogen-bond acceptors (Lipinski definition) is 13. The Bertz CT molecular complexity index is 1120. The first-order valence-corrected chi connectivity index (χ1v) is 14.3. The molecule has 0 heterocycles. The van der Waals surface area contributed by atoms with Crippen molar-refractivity contribution < 1.29 is 190 Å². The van der Waals surface area contributed by atoms with Gasteiger partial charge in [-0.2, -0.15) is 8.78 Å². The molecule has 0 atom stereocenters. The number of aliphatic hydroxyl groups excluding tert-OH is 2. The summed E-state index contributed by atoms with van der Waals surface area (Å²) in [6.07, 6.45) is -3.08. The van der Waals surface area contributed by atoms with Crippen LogP contribution in [0, 0.1) is 0 Å². The van der Waals surface area contributed by atoms with Crippen LogP contribution in [0.15, 0.2) is 60.7 Å². The minimum atomic E-state index is -5.42. The molecule has 0 saturated carbocycles. The van der Waals surface area contributed by atoms with Crippen LogP contribution in [0.2, 0.25) is 0 Å². The van der Waals surface area contributed by atoms with Crippen LogP contribution in [0.1, 0.15) is 37.1 Å². The zero-order chi connectivity index (χ0) is 45.6. The molecular weight excluding hydrogens is 955 g/mol. The van der Waals surface area contributed by atoms with E-state index in [1.54, 1.807) is 24.3 Å². The molecule has 3 N–H and O–H groups in total. The van der Waals surface area contributed by atoms with Gasteiger partial charge in [-0.3, -0.25) is 8.78 Å². The van der Waals surface area contributed by atoms with Crippen molar-refractivity contribution in [1.82, 2.24) is 0 Å². The maximum Gasteiger partial charge on any atom is 1.00 e. The molecule has 0 spiro atoms. The van der Waals surface area contributed by atoms with Crippen molar-refractivity contribution in [2.45, 2.75) is 43.6 Å². The molecule has 2 rings (SSSR count). The Kier molecular flexibility index (Phi) is 187. The molecule has 61 heavy (non-hydrogen) atoms. The summed E-state index contributed by atoms with van der Waals surface area (Å²) < 4.78 is 202. The fourth-order valence-electron chi connectivity index (χ4n) is 1.56. The van der Waals surface area contributed by atoms with Gasteiger partial charge >= 0.3 is 77.5 Å². The first-order chi connectivity index (χ1) is 25.4. The van der Waals surface area contributed by atoms with Crippen LogP contribution in [0.4, 0.5) is 66.3 Å². The fourth-order valence-corrected chi connectivity index (χ4v) is 1.56. The van der Waals surface area contributed by atoms with E-state index in [1.807, 2.05) is 36.4 Å². The summed E-state index contributed by atoms with van der Waals surface area (Å²) in [4.78, 5) is 19.3.